The van der Waals surface area contributed by atoms with Gasteiger partial charge in [-0.05, 0) is 11.6 Å². The predicted molar refractivity (Wildman–Crippen MR) is 61.0 cm³/mol. The van der Waals surface area contributed by atoms with Gasteiger partial charge in [0.05, 0.1) is 6.10 Å². The predicted octanol–water partition coefficient (Wildman–Crippen LogP) is 1.56. The summed E-state index contributed by atoms with van der Waals surface area (Å²) in [4.78, 5) is 9.47. The molecule has 0 spiro atoms. The Morgan fingerprint density at radius 2 is 1.80 bits per heavy atom. The lowest BCUT2D eigenvalue weighted by molar-refractivity contribution is -0.113. The molecule has 0 saturated heterocycles. The van der Waals surface area contributed by atoms with Crippen LogP contribution in [0.3, 0.4) is 0 Å². The molecule has 3 heteroatoms. The number of hydrogen-bond acceptors (Lipinski definition) is 2. The van der Waals surface area contributed by atoms with Crippen molar-refractivity contribution in [2.75, 3.05) is 0 Å². The topological polar surface area (TPSA) is 63.3 Å². The molecule has 3 N–H and O–H groups in total. The Bertz CT molecular complexity index is 320. The monoisotopic (exact) mass is 205 g/mol. The number of hydrogen-bond donors (Lipinski definition) is 2. The first kappa shape index (κ1) is 13.1. The largest absolute Gasteiger partial charge is 0.384 e. The van der Waals surface area contributed by atoms with E-state index in [1.165, 1.54) is 6.08 Å². The van der Waals surface area contributed by atoms with Crippen molar-refractivity contribution in [2.24, 2.45) is 5.73 Å². The molecular formula is C12H15NO2. The van der Waals surface area contributed by atoms with E-state index in [4.69, 9.17) is 0 Å². The van der Waals surface area contributed by atoms with Crippen LogP contribution in [0.1, 0.15) is 11.7 Å². The van der Waals surface area contributed by atoms with Crippen LogP contribution in [-0.4, -0.2) is 11.0 Å². The fourth-order valence-electron chi connectivity index (χ4n) is 0.786. The number of benzene rings is 1. The molecule has 0 aliphatic rings. The molecule has 1 unspecified atom stereocenters. The number of carbonyl (C=O) groups excluding carboxylic acids is 1. The molecule has 1 atom stereocenters. The third-order valence-electron chi connectivity index (χ3n) is 1.57. The van der Waals surface area contributed by atoms with Crippen molar-refractivity contribution in [3.63, 3.8) is 0 Å². The van der Waals surface area contributed by atoms with Crippen LogP contribution in [0.25, 0.3) is 0 Å². The molecule has 0 aliphatic heterocycles. The highest BCUT2D eigenvalue weighted by molar-refractivity contribution is 5.84. The van der Waals surface area contributed by atoms with Gasteiger partial charge in [-0.3, -0.25) is 4.79 Å². The Hall–Kier alpha value is -1.87. The van der Waals surface area contributed by atoms with Gasteiger partial charge in [0.1, 0.15) is 0 Å². The van der Waals surface area contributed by atoms with Crippen molar-refractivity contribution in [3.8, 4) is 0 Å². The second kappa shape index (κ2) is 7.53. The molecule has 1 rings (SSSR count). The molecule has 1 amide bonds. The molecule has 0 radical (unpaired) electrons. The van der Waals surface area contributed by atoms with Gasteiger partial charge in [-0.15, -0.1) is 6.58 Å². The lowest BCUT2D eigenvalue weighted by atomic mass is 10.1. The fourth-order valence-corrected chi connectivity index (χ4v) is 0.786. The highest BCUT2D eigenvalue weighted by Crippen LogP contribution is 2.11. The van der Waals surface area contributed by atoms with E-state index in [2.05, 4.69) is 18.9 Å². The minimum absolute atomic E-state index is 0.481. The Labute approximate surface area is 89.5 Å². The molecule has 0 bridgehead atoms. The van der Waals surface area contributed by atoms with Crippen LogP contribution in [0.2, 0.25) is 0 Å². The summed E-state index contributed by atoms with van der Waals surface area (Å²) in [5, 5.41) is 9.21. The van der Waals surface area contributed by atoms with E-state index in [9.17, 15) is 9.90 Å². The van der Waals surface area contributed by atoms with Gasteiger partial charge in [0.15, 0.2) is 0 Å². The molecule has 0 saturated carbocycles. The Morgan fingerprint density at radius 1 is 1.33 bits per heavy atom. The molecule has 80 valence electrons. The van der Waals surface area contributed by atoms with Gasteiger partial charge in [0.25, 0.3) is 0 Å². The first-order chi connectivity index (χ1) is 7.11. The lowest BCUT2D eigenvalue weighted by Crippen LogP contribution is -2.04. The van der Waals surface area contributed by atoms with Crippen LogP contribution >= 0.6 is 0 Å². The molecule has 1 aromatic rings. The van der Waals surface area contributed by atoms with Crippen molar-refractivity contribution >= 4 is 5.91 Å². The van der Waals surface area contributed by atoms with Gasteiger partial charge >= 0.3 is 0 Å². The molecule has 15 heavy (non-hydrogen) atoms. The summed E-state index contributed by atoms with van der Waals surface area (Å²) in [6.07, 6.45) is 2.04. The van der Waals surface area contributed by atoms with Crippen molar-refractivity contribution in [2.45, 2.75) is 6.10 Å². The van der Waals surface area contributed by atoms with E-state index in [1.54, 1.807) is 0 Å². The fraction of sp³-hybridized carbons (Fsp3) is 0.0833. The van der Waals surface area contributed by atoms with Crippen LogP contribution in [0.4, 0.5) is 0 Å². The third-order valence-corrected chi connectivity index (χ3v) is 1.57. The highest BCUT2D eigenvalue weighted by Gasteiger charge is 1.98. The van der Waals surface area contributed by atoms with Crippen molar-refractivity contribution in [3.05, 3.63) is 61.2 Å². The second-order valence-corrected chi connectivity index (χ2v) is 2.70. The highest BCUT2D eigenvalue weighted by atomic mass is 16.3. The number of rotatable bonds is 3. The molecule has 0 heterocycles. The summed E-state index contributed by atoms with van der Waals surface area (Å²) in [7, 11) is 0. The Morgan fingerprint density at radius 3 is 2.13 bits per heavy atom. The van der Waals surface area contributed by atoms with Crippen molar-refractivity contribution in [1.82, 2.24) is 0 Å². The summed E-state index contributed by atoms with van der Waals surface area (Å²) in [5.74, 6) is -0.481. The number of aliphatic hydroxyl groups is 1. The second-order valence-electron chi connectivity index (χ2n) is 2.70. The minimum Gasteiger partial charge on any atom is -0.384 e. The first-order valence-corrected chi connectivity index (χ1v) is 4.39. The standard InChI is InChI=1S/C9H10O.C3H5NO/c1-2-9(10)8-6-4-3-5-7-8;1-2-3(4)5/h2-7,9-10H,1H2;2H,1H2,(H2,4,5). The zero-order valence-corrected chi connectivity index (χ0v) is 8.47. The summed E-state index contributed by atoms with van der Waals surface area (Å²) in [6, 6.07) is 9.43. The maximum absolute atomic E-state index is 9.47. The Balaban J connectivity index is 0.000000336. The van der Waals surface area contributed by atoms with Crippen LogP contribution < -0.4 is 5.73 Å². The van der Waals surface area contributed by atoms with E-state index in [0.29, 0.717) is 0 Å². The van der Waals surface area contributed by atoms with Crippen LogP contribution in [-0.2, 0) is 4.79 Å². The smallest absolute Gasteiger partial charge is 0.240 e. The van der Waals surface area contributed by atoms with Gasteiger partial charge < -0.3 is 10.8 Å². The molecule has 0 fully saturated rings. The van der Waals surface area contributed by atoms with Crippen LogP contribution in [0.5, 0.6) is 0 Å². The lowest BCUT2D eigenvalue weighted by Gasteiger charge is -2.02. The number of primary amides is 1. The van der Waals surface area contributed by atoms with Crippen molar-refractivity contribution in [1.29, 1.82) is 0 Å². The van der Waals surface area contributed by atoms with Gasteiger partial charge in [-0.2, -0.15) is 0 Å². The first-order valence-electron chi connectivity index (χ1n) is 4.39. The number of amides is 1. The van der Waals surface area contributed by atoms with Gasteiger partial charge in [-0.1, -0.05) is 43.0 Å². The number of aliphatic hydroxyl groups excluding tert-OH is 1. The van der Waals surface area contributed by atoms with E-state index >= 15 is 0 Å². The molecular weight excluding hydrogens is 190 g/mol. The zero-order chi connectivity index (χ0) is 11.7. The average molecular weight is 205 g/mol. The molecule has 1 aromatic carbocycles. The minimum atomic E-state index is -0.527. The van der Waals surface area contributed by atoms with Gasteiger partial charge in [0, 0.05) is 0 Å². The number of nitrogens with two attached hydrogens (primary N) is 1. The maximum Gasteiger partial charge on any atom is 0.240 e. The van der Waals surface area contributed by atoms with E-state index in [1.807, 2.05) is 30.3 Å². The van der Waals surface area contributed by atoms with Crippen LogP contribution in [0.15, 0.2) is 55.6 Å². The van der Waals surface area contributed by atoms with Crippen molar-refractivity contribution < 1.29 is 9.90 Å². The van der Waals surface area contributed by atoms with E-state index < -0.39 is 12.0 Å². The normalized spacial score (nSPS) is 10.5. The summed E-state index contributed by atoms with van der Waals surface area (Å²) in [6.45, 7) is 6.57. The van der Waals surface area contributed by atoms with E-state index in [0.717, 1.165) is 11.6 Å². The van der Waals surface area contributed by atoms with E-state index in [-0.39, 0.29) is 0 Å². The molecule has 0 aromatic heterocycles. The maximum atomic E-state index is 9.47. The molecule has 3 nitrogen and oxygen atoms in total. The summed E-state index contributed by atoms with van der Waals surface area (Å²) in [5.41, 5.74) is 5.42. The average Bonchev–Trinajstić information content (AvgIpc) is 2.30. The third kappa shape index (κ3) is 6.23. The quantitative estimate of drug-likeness (QED) is 0.581. The zero-order valence-electron chi connectivity index (χ0n) is 8.47. The Kier molecular flexibility index (Phi) is 6.59. The van der Waals surface area contributed by atoms with Crippen LogP contribution in [0, 0.1) is 0 Å². The number of carbonyl (C=O) groups is 1. The summed E-state index contributed by atoms with van der Waals surface area (Å²) < 4.78 is 0. The van der Waals surface area contributed by atoms with Gasteiger partial charge in [-0.25, -0.2) is 0 Å². The molecule has 0 aliphatic carbocycles. The van der Waals surface area contributed by atoms with Gasteiger partial charge in [0.2, 0.25) is 5.91 Å². The SMILES string of the molecule is C=CC(N)=O.C=CC(O)c1ccccc1. The summed E-state index contributed by atoms with van der Waals surface area (Å²) >= 11 is 0.